The van der Waals surface area contributed by atoms with Gasteiger partial charge >= 0.3 is 6.80 Å². The minimum absolute atomic E-state index is 0.0552. The maximum Gasteiger partial charge on any atom is 0.389 e. The summed E-state index contributed by atoms with van der Waals surface area (Å²) < 4.78 is 22.2. The molecule has 0 saturated carbocycles. The van der Waals surface area contributed by atoms with Crippen molar-refractivity contribution in [2.45, 2.75) is 39.4 Å². The van der Waals surface area contributed by atoms with Crippen molar-refractivity contribution >= 4 is 24.0 Å². The summed E-state index contributed by atoms with van der Waals surface area (Å²) in [4.78, 5) is 11.3. The molecule has 0 radical (unpaired) electrons. The zero-order chi connectivity index (χ0) is 11.9. The van der Waals surface area contributed by atoms with Crippen LogP contribution in [0.3, 0.4) is 0 Å². The molecular formula is C9H19O4PS. The van der Waals surface area contributed by atoms with E-state index in [1.807, 2.05) is 0 Å². The molecule has 0 rings (SSSR count). The fraction of sp³-hybridized carbons (Fsp3) is 0.889. The minimum Gasteiger partial charge on any atom is -0.301 e. The molecule has 90 valence electrons. The molecule has 1 atom stereocenters. The van der Waals surface area contributed by atoms with E-state index >= 15 is 0 Å². The Morgan fingerprint density at radius 1 is 1.27 bits per heavy atom. The van der Waals surface area contributed by atoms with Gasteiger partial charge in [0.1, 0.15) is 5.78 Å². The van der Waals surface area contributed by atoms with Crippen molar-refractivity contribution < 1.29 is 18.4 Å². The smallest absolute Gasteiger partial charge is 0.301 e. The summed E-state index contributed by atoms with van der Waals surface area (Å²) in [6.07, 6.45) is 0.437. The second-order valence-corrected chi connectivity index (χ2v) is 7.15. The molecule has 4 nitrogen and oxygen atoms in total. The van der Waals surface area contributed by atoms with Crippen LogP contribution >= 0.6 is 18.2 Å². The van der Waals surface area contributed by atoms with Gasteiger partial charge in [-0.3, -0.25) is 4.79 Å². The second-order valence-electron chi connectivity index (χ2n) is 2.85. The van der Waals surface area contributed by atoms with Crippen molar-refractivity contribution in [2.24, 2.45) is 0 Å². The van der Waals surface area contributed by atoms with E-state index in [2.05, 4.69) is 0 Å². The van der Waals surface area contributed by atoms with E-state index in [0.29, 0.717) is 19.6 Å². The van der Waals surface area contributed by atoms with Crippen molar-refractivity contribution in [1.29, 1.82) is 0 Å². The summed E-state index contributed by atoms with van der Waals surface area (Å²) in [5.41, 5.74) is 0. The van der Waals surface area contributed by atoms with Gasteiger partial charge in [0, 0.05) is 6.42 Å². The highest BCUT2D eigenvalue weighted by molar-refractivity contribution is 8.55. The van der Waals surface area contributed by atoms with Gasteiger partial charge in [0.25, 0.3) is 0 Å². The molecule has 6 heteroatoms. The van der Waals surface area contributed by atoms with E-state index in [4.69, 9.17) is 9.05 Å². The van der Waals surface area contributed by atoms with Crippen LogP contribution in [0.4, 0.5) is 0 Å². The first-order valence-electron chi connectivity index (χ1n) is 5.09. The highest BCUT2D eigenvalue weighted by Gasteiger charge is 2.30. The number of hydrogen-bond acceptors (Lipinski definition) is 5. The van der Waals surface area contributed by atoms with E-state index in [-0.39, 0.29) is 11.0 Å². The van der Waals surface area contributed by atoms with Gasteiger partial charge in [-0.1, -0.05) is 6.92 Å². The van der Waals surface area contributed by atoms with Crippen LogP contribution in [0.2, 0.25) is 0 Å². The third-order valence-electron chi connectivity index (χ3n) is 1.66. The molecular weight excluding hydrogens is 235 g/mol. The fourth-order valence-electron chi connectivity index (χ4n) is 0.954. The summed E-state index contributed by atoms with van der Waals surface area (Å²) in [5.74, 6) is 0.0552. The van der Waals surface area contributed by atoms with E-state index in [1.165, 1.54) is 0 Å². The lowest BCUT2D eigenvalue weighted by Gasteiger charge is -2.18. The van der Waals surface area contributed by atoms with Crippen molar-refractivity contribution in [3.05, 3.63) is 0 Å². The van der Waals surface area contributed by atoms with Crippen molar-refractivity contribution in [1.82, 2.24) is 0 Å². The standard InChI is InChI=1S/C9H19O4PS/c1-5-9(10)8(4)15-14(11,12-6-2)13-7-3/h8H,5-7H2,1-4H3. The van der Waals surface area contributed by atoms with Crippen LogP contribution in [0, 0.1) is 0 Å². The molecule has 0 aliphatic rings. The van der Waals surface area contributed by atoms with Gasteiger partial charge in [-0.15, -0.1) is 0 Å². The Bertz CT molecular complexity index is 234. The van der Waals surface area contributed by atoms with Gasteiger partial charge < -0.3 is 9.05 Å². The molecule has 1 unspecified atom stereocenters. The van der Waals surface area contributed by atoms with Crippen LogP contribution in [0.5, 0.6) is 0 Å². The van der Waals surface area contributed by atoms with Crippen LogP contribution in [0.15, 0.2) is 0 Å². The average Bonchev–Trinajstić information content (AvgIpc) is 2.16. The molecule has 0 amide bonds. The Kier molecular flexibility index (Phi) is 7.53. The van der Waals surface area contributed by atoms with Crippen LogP contribution in [0.1, 0.15) is 34.1 Å². The largest absolute Gasteiger partial charge is 0.389 e. The lowest BCUT2D eigenvalue weighted by molar-refractivity contribution is -0.117. The van der Waals surface area contributed by atoms with Crippen molar-refractivity contribution in [3.8, 4) is 0 Å². The second kappa shape index (κ2) is 7.44. The number of carbonyl (C=O) groups excluding carboxylic acids is 1. The number of hydrogen-bond donors (Lipinski definition) is 0. The minimum atomic E-state index is -3.15. The predicted octanol–water partition coefficient (Wildman–Crippen LogP) is 3.27. The van der Waals surface area contributed by atoms with Crippen LogP contribution in [-0.4, -0.2) is 24.2 Å². The molecule has 0 aromatic rings. The van der Waals surface area contributed by atoms with E-state index in [9.17, 15) is 9.36 Å². The summed E-state index contributed by atoms with van der Waals surface area (Å²) >= 11 is 0.990. The first-order valence-corrected chi connectivity index (χ1v) is 8.12. The zero-order valence-corrected chi connectivity index (χ0v) is 11.4. The SMILES string of the molecule is CCOP(=O)(OCC)SC(C)C(=O)CC. The molecule has 0 aliphatic carbocycles. The fourth-order valence-corrected chi connectivity index (χ4v) is 4.97. The number of carbonyl (C=O) groups is 1. The summed E-state index contributed by atoms with van der Waals surface area (Å²) in [6, 6.07) is 0. The number of Topliss-reactive ketones (excluding diaryl/α,β-unsaturated/α-hetero) is 1. The summed E-state index contributed by atoms with van der Waals surface area (Å²) in [5, 5.41) is -0.348. The maximum atomic E-state index is 12.0. The monoisotopic (exact) mass is 254 g/mol. The Balaban J connectivity index is 4.40. The average molecular weight is 254 g/mol. The Morgan fingerprint density at radius 3 is 2.07 bits per heavy atom. The molecule has 0 heterocycles. The molecule has 15 heavy (non-hydrogen) atoms. The third kappa shape index (κ3) is 5.71. The van der Waals surface area contributed by atoms with Gasteiger partial charge in [-0.25, -0.2) is 4.57 Å². The molecule has 0 bridgehead atoms. The highest BCUT2D eigenvalue weighted by Crippen LogP contribution is 2.62. The normalized spacial score (nSPS) is 13.9. The van der Waals surface area contributed by atoms with Gasteiger partial charge in [0.15, 0.2) is 0 Å². The quantitative estimate of drug-likeness (QED) is 0.622. The number of ketones is 1. The van der Waals surface area contributed by atoms with Crippen LogP contribution < -0.4 is 0 Å². The molecule has 0 saturated heterocycles. The first-order chi connectivity index (χ1) is 6.99. The van der Waals surface area contributed by atoms with E-state index in [0.717, 1.165) is 11.4 Å². The Hall–Kier alpha value is 0.170. The van der Waals surface area contributed by atoms with Gasteiger partial charge in [0.2, 0.25) is 0 Å². The maximum absolute atomic E-state index is 12.0. The Morgan fingerprint density at radius 2 is 1.73 bits per heavy atom. The highest BCUT2D eigenvalue weighted by atomic mass is 32.7. The lowest BCUT2D eigenvalue weighted by Crippen LogP contribution is -2.12. The van der Waals surface area contributed by atoms with Gasteiger partial charge in [-0.05, 0) is 32.2 Å². The molecule has 0 aliphatic heterocycles. The van der Waals surface area contributed by atoms with Crippen molar-refractivity contribution in [2.75, 3.05) is 13.2 Å². The van der Waals surface area contributed by atoms with Crippen LogP contribution in [-0.2, 0) is 18.4 Å². The molecule has 0 N–H and O–H groups in total. The molecule has 0 aromatic heterocycles. The molecule has 0 fully saturated rings. The van der Waals surface area contributed by atoms with Crippen LogP contribution in [0.25, 0.3) is 0 Å². The molecule has 0 aromatic carbocycles. The topological polar surface area (TPSA) is 52.6 Å². The van der Waals surface area contributed by atoms with E-state index in [1.54, 1.807) is 27.7 Å². The Labute approximate surface area is 95.4 Å². The summed E-state index contributed by atoms with van der Waals surface area (Å²) in [7, 11) is 0. The number of rotatable bonds is 8. The van der Waals surface area contributed by atoms with Gasteiger partial charge in [0.05, 0.1) is 18.5 Å². The first kappa shape index (κ1) is 15.2. The van der Waals surface area contributed by atoms with E-state index < -0.39 is 6.80 Å². The third-order valence-corrected chi connectivity index (χ3v) is 6.01. The zero-order valence-electron chi connectivity index (χ0n) is 9.69. The molecule has 0 spiro atoms. The lowest BCUT2D eigenvalue weighted by atomic mass is 10.2. The summed E-state index contributed by atoms with van der Waals surface area (Å²) in [6.45, 7) is 4.49. The predicted molar refractivity (Wildman–Crippen MR) is 63.2 cm³/mol. The van der Waals surface area contributed by atoms with Crippen molar-refractivity contribution in [3.63, 3.8) is 0 Å². The van der Waals surface area contributed by atoms with Gasteiger partial charge in [-0.2, -0.15) is 0 Å².